The molecule has 0 saturated carbocycles. The Bertz CT molecular complexity index is 405. The highest BCUT2D eigenvalue weighted by Gasteiger charge is 2.38. The summed E-state index contributed by atoms with van der Waals surface area (Å²) in [6.45, 7) is -0.508. The zero-order valence-corrected chi connectivity index (χ0v) is 9.35. The van der Waals surface area contributed by atoms with Crippen LogP contribution in [0.2, 0.25) is 0 Å². The molecular weight excluding hydrogens is 240 g/mol. The minimum atomic E-state index is -3.64. The number of sulfonamides is 1. The van der Waals surface area contributed by atoms with E-state index < -0.39 is 28.1 Å². The number of hydrogen-bond acceptors (Lipinski definition) is 4. The standard InChI is InChI=1S/C7H12N2O6S/c1-16(14,15)9-3-2-8(7(12)13)4-5(9)6(10)11/h5H,2-4H2,1H3,(H,10,11)(H,12,13). The van der Waals surface area contributed by atoms with Gasteiger partial charge in [0, 0.05) is 13.1 Å². The van der Waals surface area contributed by atoms with Gasteiger partial charge >= 0.3 is 12.1 Å². The second kappa shape index (κ2) is 4.26. The number of carboxylic acid groups (broad SMARTS) is 2. The molecule has 0 aromatic heterocycles. The van der Waals surface area contributed by atoms with Crippen LogP contribution in [0.25, 0.3) is 0 Å². The highest BCUT2D eigenvalue weighted by molar-refractivity contribution is 7.88. The second-order valence-corrected chi connectivity index (χ2v) is 5.39. The molecule has 1 saturated heterocycles. The van der Waals surface area contributed by atoms with Gasteiger partial charge in [0.1, 0.15) is 6.04 Å². The number of aliphatic carboxylic acids is 1. The van der Waals surface area contributed by atoms with Crippen LogP contribution in [0.5, 0.6) is 0 Å². The second-order valence-electron chi connectivity index (χ2n) is 3.46. The van der Waals surface area contributed by atoms with Gasteiger partial charge in [-0.3, -0.25) is 4.79 Å². The fourth-order valence-corrected chi connectivity index (χ4v) is 2.57. The van der Waals surface area contributed by atoms with Crippen molar-refractivity contribution in [3.8, 4) is 0 Å². The lowest BCUT2D eigenvalue weighted by Crippen LogP contribution is -2.58. The Hall–Kier alpha value is -1.35. The van der Waals surface area contributed by atoms with E-state index in [1.807, 2.05) is 0 Å². The first-order valence-electron chi connectivity index (χ1n) is 4.41. The highest BCUT2D eigenvalue weighted by atomic mass is 32.2. The third-order valence-electron chi connectivity index (χ3n) is 2.31. The maximum absolute atomic E-state index is 11.3. The monoisotopic (exact) mass is 252 g/mol. The van der Waals surface area contributed by atoms with E-state index in [0.29, 0.717) is 0 Å². The van der Waals surface area contributed by atoms with Crippen molar-refractivity contribution in [2.24, 2.45) is 0 Å². The molecule has 1 aliphatic heterocycles. The SMILES string of the molecule is CS(=O)(=O)N1CCN(C(=O)O)CC1C(=O)O. The van der Waals surface area contributed by atoms with Crippen LogP contribution in [-0.2, 0) is 14.8 Å². The summed E-state index contributed by atoms with van der Waals surface area (Å²) in [5.74, 6) is -1.35. The van der Waals surface area contributed by atoms with Crippen molar-refractivity contribution in [2.45, 2.75) is 6.04 Å². The molecule has 0 spiro atoms. The van der Waals surface area contributed by atoms with Gasteiger partial charge in [0.25, 0.3) is 0 Å². The number of hydrogen-bond donors (Lipinski definition) is 2. The van der Waals surface area contributed by atoms with Crippen molar-refractivity contribution < 1.29 is 28.2 Å². The molecular formula is C7H12N2O6S. The van der Waals surface area contributed by atoms with E-state index in [1.165, 1.54) is 0 Å². The fraction of sp³-hybridized carbons (Fsp3) is 0.714. The molecule has 0 aromatic carbocycles. The minimum absolute atomic E-state index is 0.0216. The van der Waals surface area contributed by atoms with E-state index in [0.717, 1.165) is 15.5 Å². The topological polar surface area (TPSA) is 115 Å². The number of nitrogens with zero attached hydrogens (tertiary/aromatic N) is 2. The van der Waals surface area contributed by atoms with Crippen molar-refractivity contribution in [1.82, 2.24) is 9.21 Å². The Morgan fingerprint density at radius 2 is 1.81 bits per heavy atom. The average molecular weight is 252 g/mol. The van der Waals surface area contributed by atoms with Crippen LogP contribution in [0, 0.1) is 0 Å². The van der Waals surface area contributed by atoms with Gasteiger partial charge in [-0.05, 0) is 0 Å². The third kappa shape index (κ3) is 2.61. The Morgan fingerprint density at radius 3 is 2.19 bits per heavy atom. The van der Waals surface area contributed by atoms with E-state index >= 15 is 0 Å². The van der Waals surface area contributed by atoms with Gasteiger partial charge < -0.3 is 15.1 Å². The lowest BCUT2D eigenvalue weighted by molar-refractivity contribution is -0.142. The number of carboxylic acids is 1. The quantitative estimate of drug-likeness (QED) is 0.630. The molecule has 1 rings (SSSR count). The average Bonchev–Trinajstić information content (AvgIpc) is 2.15. The van der Waals surface area contributed by atoms with Gasteiger partial charge in [-0.1, -0.05) is 0 Å². The summed E-state index contributed by atoms with van der Waals surface area (Å²) in [6.07, 6.45) is -0.348. The van der Waals surface area contributed by atoms with Crippen molar-refractivity contribution in [3.05, 3.63) is 0 Å². The molecule has 1 fully saturated rings. The van der Waals surface area contributed by atoms with Gasteiger partial charge in [-0.2, -0.15) is 4.31 Å². The molecule has 1 aliphatic rings. The number of amides is 1. The van der Waals surface area contributed by atoms with E-state index in [9.17, 15) is 18.0 Å². The molecule has 16 heavy (non-hydrogen) atoms. The minimum Gasteiger partial charge on any atom is -0.480 e. The summed E-state index contributed by atoms with van der Waals surface area (Å²) < 4.78 is 23.3. The van der Waals surface area contributed by atoms with E-state index in [2.05, 4.69) is 0 Å². The van der Waals surface area contributed by atoms with Crippen LogP contribution < -0.4 is 0 Å². The molecule has 0 bridgehead atoms. The van der Waals surface area contributed by atoms with Gasteiger partial charge in [-0.25, -0.2) is 13.2 Å². The molecule has 0 aliphatic carbocycles. The smallest absolute Gasteiger partial charge is 0.407 e. The Morgan fingerprint density at radius 1 is 1.25 bits per heavy atom. The molecule has 0 radical (unpaired) electrons. The van der Waals surface area contributed by atoms with Crippen molar-refractivity contribution in [2.75, 3.05) is 25.9 Å². The molecule has 2 N–H and O–H groups in total. The summed E-state index contributed by atoms with van der Waals surface area (Å²) >= 11 is 0. The van der Waals surface area contributed by atoms with E-state index in [1.54, 1.807) is 0 Å². The first-order valence-corrected chi connectivity index (χ1v) is 6.26. The summed E-state index contributed by atoms with van der Waals surface area (Å²) in [6, 6.07) is -1.35. The Balaban J connectivity index is 2.92. The normalized spacial score (nSPS) is 23.1. The summed E-state index contributed by atoms with van der Waals surface area (Å²) in [4.78, 5) is 22.4. The van der Waals surface area contributed by atoms with E-state index in [4.69, 9.17) is 10.2 Å². The molecule has 8 nitrogen and oxygen atoms in total. The predicted molar refractivity (Wildman–Crippen MR) is 52.6 cm³/mol. The first kappa shape index (κ1) is 12.7. The Labute approximate surface area is 92.1 Å². The van der Waals surface area contributed by atoms with Gasteiger partial charge in [-0.15, -0.1) is 0 Å². The number of rotatable bonds is 2. The molecule has 9 heteroatoms. The lowest BCUT2D eigenvalue weighted by atomic mass is 10.2. The van der Waals surface area contributed by atoms with Crippen molar-refractivity contribution in [1.29, 1.82) is 0 Å². The van der Waals surface area contributed by atoms with Crippen LogP contribution in [0.1, 0.15) is 0 Å². The zero-order valence-electron chi connectivity index (χ0n) is 8.53. The Kier molecular flexibility index (Phi) is 3.38. The zero-order chi connectivity index (χ0) is 12.5. The molecule has 1 amide bonds. The third-order valence-corrected chi connectivity index (χ3v) is 3.60. The van der Waals surface area contributed by atoms with Gasteiger partial charge in [0.15, 0.2) is 0 Å². The maximum Gasteiger partial charge on any atom is 0.407 e. The molecule has 1 atom stereocenters. The number of carbonyl (C=O) groups is 2. The first-order chi connectivity index (χ1) is 7.23. The summed E-state index contributed by atoms with van der Waals surface area (Å²) in [7, 11) is -3.64. The van der Waals surface area contributed by atoms with Crippen molar-refractivity contribution >= 4 is 22.1 Å². The van der Waals surface area contributed by atoms with Crippen LogP contribution in [0.15, 0.2) is 0 Å². The summed E-state index contributed by atoms with van der Waals surface area (Å²) in [5.41, 5.74) is 0. The largest absolute Gasteiger partial charge is 0.480 e. The number of piperazine rings is 1. The molecule has 0 aromatic rings. The molecule has 1 heterocycles. The van der Waals surface area contributed by atoms with Crippen molar-refractivity contribution in [3.63, 3.8) is 0 Å². The maximum atomic E-state index is 11.3. The van der Waals surface area contributed by atoms with Crippen LogP contribution >= 0.6 is 0 Å². The van der Waals surface area contributed by atoms with Gasteiger partial charge in [0.2, 0.25) is 10.0 Å². The van der Waals surface area contributed by atoms with Crippen LogP contribution in [0.3, 0.4) is 0 Å². The highest BCUT2D eigenvalue weighted by Crippen LogP contribution is 2.13. The molecule has 1 unspecified atom stereocenters. The van der Waals surface area contributed by atoms with Crippen LogP contribution in [-0.4, -0.2) is 71.8 Å². The van der Waals surface area contributed by atoms with Gasteiger partial charge in [0.05, 0.1) is 12.8 Å². The van der Waals surface area contributed by atoms with E-state index in [-0.39, 0.29) is 19.6 Å². The molecule has 92 valence electrons. The lowest BCUT2D eigenvalue weighted by Gasteiger charge is -2.36. The predicted octanol–water partition coefficient (Wildman–Crippen LogP) is -1.31. The fourth-order valence-electron chi connectivity index (χ4n) is 1.54. The summed E-state index contributed by atoms with van der Waals surface area (Å²) in [5, 5.41) is 17.5. The van der Waals surface area contributed by atoms with Crippen LogP contribution in [0.4, 0.5) is 4.79 Å².